The molecule has 1 atom stereocenters. The van der Waals surface area contributed by atoms with Crippen LogP contribution in [0.4, 0.5) is 17.6 Å². The van der Waals surface area contributed by atoms with Crippen molar-refractivity contribution in [2.75, 3.05) is 19.6 Å². The second-order valence-corrected chi connectivity index (χ2v) is 7.30. The lowest BCUT2D eigenvalue weighted by molar-refractivity contribution is -0.140. The fourth-order valence-corrected chi connectivity index (χ4v) is 3.76. The molecule has 0 radical (unpaired) electrons. The summed E-state index contributed by atoms with van der Waals surface area (Å²) in [4.78, 5) is 2.25. The predicted molar refractivity (Wildman–Crippen MR) is 94.5 cm³/mol. The van der Waals surface area contributed by atoms with Crippen LogP contribution in [-0.2, 0) is 12.7 Å². The molecule has 1 fully saturated rings. The summed E-state index contributed by atoms with van der Waals surface area (Å²) in [6.45, 7) is 8.87. The molecule has 1 aliphatic rings. The van der Waals surface area contributed by atoms with Crippen molar-refractivity contribution in [3.8, 4) is 0 Å². The molecule has 0 spiro atoms. The Morgan fingerprint density at radius 3 is 2.68 bits per heavy atom. The Hall–Kier alpha value is -1.05. The molecule has 1 heterocycles. The molecule has 0 N–H and O–H groups in total. The highest BCUT2D eigenvalue weighted by atomic mass is 32.2. The van der Waals surface area contributed by atoms with Crippen LogP contribution in [0.15, 0.2) is 30.2 Å². The molecule has 1 aromatic carbocycles. The van der Waals surface area contributed by atoms with E-state index >= 15 is 0 Å². The second-order valence-electron chi connectivity index (χ2n) is 6.24. The zero-order valence-electron chi connectivity index (χ0n) is 14.4. The number of halogens is 4. The molecule has 1 aromatic rings. The molecule has 2 nitrogen and oxygen atoms in total. The maximum Gasteiger partial charge on any atom is 0.419 e. The number of hydrogen-bond acceptors (Lipinski definition) is 3. The molecule has 1 aliphatic heterocycles. The van der Waals surface area contributed by atoms with E-state index in [1.807, 2.05) is 0 Å². The number of nitrogens with zero attached hydrogens (tertiary/aromatic N) is 2. The van der Waals surface area contributed by atoms with Crippen LogP contribution >= 0.6 is 11.9 Å². The van der Waals surface area contributed by atoms with E-state index in [2.05, 4.69) is 22.7 Å². The number of piperazine rings is 1. The van der Waals surface area contributed by atoms with E-state index in [0.29, 0.717) is 18.2 Å². The molecule has 2 rings (SSSR count). The first-order valence-electron chi connectivity index (χ1n) is 8.47. The maximum absolute atomic E-state index is 13.8. The topological polar surface area (TPSA) is 6.48 Å². The molecular weight excluding hydrogens is 352 g/mol. The Morgan fingerprint density at radius 2 is 2.08 bits per heavy atom. The highest BCUT2D eigenvalue weighted by Crippen LogP contribution is 2.32. The first kappa shape index (κ1) is 20.3. The van der Waals surface area contributed by atoms with Crippen LogP contribution in [-0.4, -0.2) is 34.9 Å². The average Bonchev–Trinajstić information content (AvgIpc) is 2.54. The van der Waals surface area contributed by atoms with E-state index in [-0.39, 0.29) is 0 Å². The van der Waals surface area contributed by atoms with Gasteiger partial charge < -0.3 is 0 Å². The van der Waals surface area contributed by atoms with Crippen molar-refractivity contribution in [2.45, 2.75) is 44.9 Å². The van der Waals surface area contributed by atoms with E-state index in [9.17, 15) is 17.6 Å². The molecule has 0 bridgehead atoms. The van der Waals surface area contributed by atoms with Gasteiger partial charge in [0.15, 0.2) is 0 Å². The fourth-order valence-electron chi connectivity index (χ4n) is 3.11. The van der Waals surface area contributed by atoms with E-state index in [1.54, 1.807) is 17.4 Å². The van der Waals surface area contributed by atoms with Crippen LogP contribution in [0.25, 0.3) is 0 Å². The molecular formula is C18H24F4N2S. The van der Waals surface area contributed by atoms with Gasteiger partial charge in [0.2, 0.25) is 0 Å². The van der Waals surface area contributed by atoms with Gasteiger partial charge in [0.05, 0.1) is 5.56 Å². The molecule has 1 unspecified atom stereocenters. The first-order chi connectivity index (χ1) is 11.8. The van der Waals surface area contributed by atoms with E-state index in [0.717, 1.165) is 51.0 Å². The van der Waals surface area contributed by atoms with Crippen LogP contribution in [0, 0.1) is 5.82 Å². The van der Waals surface area contributed by atoms with Gasteiger partial charge in [-0.1, -0.05) is 44.4 Å². The SMILES string of the molecule is C=CSN1CCN(Cc2ccc(C(F)(F)F)c(F)c2)C(CCCC)C1. The van der Waals surface area contributed by atoms with Crippen LogP contribution in [0.1, 0.15) is 37.3 Å². The number of benzene rings is 1. The summed E-state index contributed by atoms with van der Waals surface area (Å²) in [5.41, 5.74) is -0.622. The largest absolute Gasteiger partial charge is 0.419 e. The summed E-state index contributed by atoms with van der Waals surface area (Å²) >= 11 is 1.59. The van der Waals surface area contributed by atoms with Gasteiger partial charge in [-0.2, -0.15) is 13.2 Å². The summed E-state index contributed by atoms with van der Waals surface area (Å²) in [6, 6.07) is 3.56. The quantitative estimate of drug-likeness (QED) is 0.470. The Bertz CT molecular complexity index is 577. The Morgan fingerprint density at radius 1 is 1.32 bits per heavy atom. The van der Waals surface area contributed by atoms with Crippen LogP contribution in [0.2, 0.25) is 0 Å². The van der Waals surface area contributed by atoms with Crippen LogP contribution in [0.5, 0.6) is 0 Å². The molecule has 0 aromatic heterocycles. The smallest absolute Gasteiger partial charge is 0.294 e. The first-order valence-corrected chi connectivity index (χ1v) is 9.31. The zero-order chi connectivity index (χ0) is 18.4. The number of unbranched alkanes of at least 4 members (excludes halogenated alkanes) is 1. The Labute approximate surface area is 151 Å². The highest BCUT2D eigenvalue weighted by Gasteiger charge is 2.34. The molecule has 0 amide bonds. The number of alkyl halides is 3. The maximum atomic E-state index is 13.8. The molecule has 7 heteroatoms. The second kappa shape index (κ2) is 9.05. The van der Waals surface area contributed by atoms with E-state index in [1.165, 1.54) is 6.07 Å². The van der Waals surface area contributed by atoms with Crippen molar-refractivity contribution in [1.82, 2.24) is 9.21 Å². The van der Waals surface area contributed by atoms with Crippen LogP contribution < -0.4 is 0 Å². The van der Waals surface area contributed by atoms with Crippen molar-refractivity contribution in [2.24, 2.45) is 0 Å². The van der Waals surface area contributed by atoms with Gasteiger partial charge in [-0.15, -0.1) is 0 Å². The third-order valence-electron chi connectivity index (χ3n) is 4.41. The minimum atomic E-state index is -4.65. The van der Waals surface area contributed by atoms with Gasteiger partial charge in [0, 0.05) is 32.2 Å². The Balaban J connectivity index is 2.08. The Kier molecular flexibility index (Phi) is 7.34. The third-order valence-corrected chi connectivity index (χ3v) is 5.19. The van der Waals surface area contributed by atoms with Gasteiger partial charge >= 0.3 is 6.18 Å². The van der Waals surface area contributed by atoms with E-state index < -0.39 is 17.6 Å². The molecule has 25 heavy (non-hydrogen) atoms. The van der Waals surface area contributed by atoms with Crippen molar-refractivity contribution < 1.29 is 17.6 Å². The van der Waals surface area contributed by atoms with Gasteiger partial charge in [-0.05, 0) is 29.5 Å². The minimum absolute atomic E-state index is 0.312. The summed E-state index contributed by atoms with van der Waals surface area (Å²) < 4.78 is 54.1. The van der Waals surface area contributed by atoms with Gasteiger partial charge in [0.25, 0.3) is 0 Å². The van der Waals surface area contributed by atoms with E-state index in [4.69, 9.17) is 0 Å². The van der Waals surface area contributed by atoms with Crippen LogP contribution in [0.3, 0.4) is 0 Å². The third kappa shape index (κ3) is 5.72. The summed E-state index contributed by atoms with van der Waals surface area (Å²) in [7, 11) is 0. The lowest BCUT2D eigenvalue weighted by Crippen LogP contribution is -2.50. The van der Waals surface area contributed by atoms with Crippen molar-refractivity contribution in [3.05, 3.63) is 47.1 Å². The van der Waals surface area contributed by atoms with Crippen molar-refractivity contribution in [3.63, 3.8) is 0 Å². The van der Waals surface area contributed by atoms with Gasteiger partial charge in [-0.25, -0.2) is 8.70 Å². The fraction of sp³-hybridized carbons (Fsp3) is 0.556. The van der Waals surface area contributed by atoms with Crippen molar-refractivity contribution >= 4 is 11.9 Å². The summed E-state index contributed by atoms with van der Waals surface area (Å²) in [5, 5.41) is 1.80. The number of hydrogen-bond donors (Lipinski definition) is 0. The van der Waals surface area contributed by atoms with Gasteiger partial charge in [0.1, 0.15) is 5.82 Å². The van der Waals surface area contributed by atoms with Crippen molar-refractivity contribution in [1.29, 1.82) is 0 Å². The predicted octanol–water partition coefficient (Wildman–Crippen LogP) is 5.31. The zero-order valence-corrected chi connectivity index (χ0v) is 15.2. The molecule has 0 saturated carbocycles. The average molecular weight is 376 g/mol. The highest BCUT2D eigenvalue weighted by molar-refractivity contribution is 7.99. The summed E-state index contributed by atoms with van der Waals surface area (Å²) in [6.07, 6.45) is -1.45. The van der Waals surface area contributed by atoms with Gasteiger partial charge in [-0.3, -0.25) is 4.90 Å². The standard InChI is InChI=1S/C18H24F4N2S/c1-3-5-6-15-13-24(25-4-2)10-9-23(15)12-14-7-8-16(17(19)11-14)18(20,21)22/h4,7-8,11,15H,2-3,5-6,9-10,12-13H2,1H3. The molecule has 1 saturated heterocycles. The minimum Gasteiger partial charge on any atom is -0.294 e. The normalized spacial score (nSPS) is 20.0. The molecule has 140 valence electrons. The lowest BCUT2D eigenvalue weighted by atomic mass is 10.0. The summed E-state index contributed by atoms with van der Waals surface area (Å²) in [5.74, 6) is -1.20. The lowest BCUT2D eigenvalue weighted by Gasteiger charge is -2.40. The monoisotopic (exact) mass is 376 g/mol. The number of rotatable bonds is 7. The molecule has 0 aliphatic carbocycles.